The zero-order valence-corrected chi connectivity index (χ0v) is 35.4. The minimum atomic E-state index is -5.80. The van der Waals surface area contributed by atoms with Crippen molar-refractivity contribution in [3.05, 3.63) is 32.6 Å². The van der Waals surface area contributed by atoms with Gasteiger partial charge in [-0.3, -0.25) is 42.8 Å². The Balaban J connectivity index is 1.75. The molecule has 1 fully saturated rings. The number of carboxylic acid groups (broad SMARTS) is 3. The molecule has 61 heavy (non-hydrogen) atoms. The van der Waals surface area contributed by atoms with Crippen molar-refractivity contribution >= 4 is 80.7 Å². The lowest BCUT2D eigenvalue weighted by molar-refractivity contribution is -0.148. The first-order valence-corrected chi connectivity index (χ1v) is 24.0. The molecule has 1 aliphatic rings. The summed E-state index contributed by atoms with van der Waals surface area (Å²) in [6.07, 6.45) is -4.65. The number of nitrogens with zero attached hydrogens (tertiary/aromatic N) is 1. The SMILES string of the molecule is O=C(O)CC(NC(=O)C(CC(=O)O)NC(=O)CCCCSSCCC(=O)NCC#Cc1cn(C2CC(O)C(COP(=O)(O)OP(=O)(O)OP(=O)(O)O)O2)c(=O)[nH]c1=O)C(=O)O. The van der Waals surface area contributed by atoms with Crippen molar-refractivity contribution in [2.24, 2.45) is 0 Å². The zero-order valence-electron chi connectivity index (χ0n) is 31.0. The summed E-state index contributed by atoms with van der Waals surface area (Å²) in [7, 11) is -14.2. The van der Waals surface area contributed by atoms with E-state index in [1.165, 1.54) is 21.6 Å². The predicted octanol–water partition coefficient (Wildman–Crippen LogP) is -2.06. The number of phosphoric acid groups is 3. The maximum atomic E-state index is 12.5. The number of carboxylic acids is 3. The van der Waals surface area contributed by atoms with Gasteiger partial charge in [0.25, 0.3) is 5.56 Å². The molecule has 1 saturated heterocycles. The fourth-order valence-electron chi connectivity index (χ4n) is 4.66. The molecule has 0 saturated carbocycles. The van der Waals surface area contributed by atoms with Crippen LogP contribution in [0.4, 0.5) is 0 Å². The molecule has 7 atom stereocenters. The predicted molar refractivity (Wildman–Crippen MR) is 205 cm³/mol. The van der Waals surface area contributed by atoms with Crippen molar-refractivity contribution in [3.63, 3.8) is 0 Å². The summed E-state index contributed by atoms with van der Waals surface area (Å²) in [5.41, 5.74) is -2.18. The minimum Gasteiger partial charge on any atom is -0.481 e. The first kappa shape index (κ1) is 53.2. The number of rotatable bonds is 26. The van der Waals surface area contributed by atoms with Crippen molar-refractivity contribution in [3.8, 4) is 11.8 Å². The van der Waals surface area contributed by atoms with Crippen molar-refractivity contribution in [2.75, 3.05) is 24.7 Å². The summed E-state index contributed by atoms with van der Waals surface area (Å²) in [6, 6.07) is -3.49. The van der Waals surface area contributed by atoms with E-state index in [2.05, 4.69) is 35.6 Å². The highest BCUT2D eigenvalue weighted by Crippen LogP contribution is 2.66. The number of amides is 3. The zero-order chi connectivity index (χ0) is 46.1. The molecule has 0 spiro atoms. The first-order chi connectivity index (χ1) is 28.3. The van der Waals surface area contributed by atoms with E-state index < -0.39 is 120 Å². The number of hydrogen-bond donors (Lipinski definition) is 12. The van der Waals surface area contributed by atoms with Gasteiger partial charge in [-0.15, -0.1) is 0 Å². The van der Waals surface area contributed by atoms with Gasteiger partial charge < -0.3 is 60.7 Å². The number of aliphatic hydroxyl groups excluding tert-OH is 1. The van der Waals surface area contributed by atoms with Crippen LogP contribution in [0.1, 0.15) is 56.7 Å². The number of hydrogen-bond acceptors (Lipinski definition) is 18. The molecule has 1 aliphatic heterocycles. The van der Waals surface area contributed by atoms with E-state index >= 15 is 0 Å². The van der Waals surface area contributed by atoms with Crippen LogP contribution in [-0.4, -0.2) is 134 Å². The minimum absolute atomic E-state index is 0.0695. The Kier molecular flexibility index (Phi) is 21.5. The molecule has 12 N–H and O–H groups in total. The third-order valence-electron chi connectivity index (χ3n) is 7.30. The number of aliphatic hydroxyl groups is 1. The van der Waals surface area contributed by atoms with Gasteiger partial charge in [0.2, 0.25) is 17.7 Å². The normalized spacial score (nSPS) is 19.2. The number of H-pyrrole nitrogens is 1. The van der Waals surface area contributed by atoms with Crippen molar-refractivity contribution in [1.82, 2.24) is 25.5 Å². The Labute approximate surface area is 350 Å². The molecule has 33 heteroatoms. The van der Waals surface area contributed by atoms with E-state index in [4.69, 9.17) is 29.8 Å². The van der Waals surface area contributed by atoms with Gasteiger partial charge in [0.15, 0.2) is 0 Å². The lowest BCUT2D eigenvalue weighted by Crippen LogP contribution is -2.52. The number of nitrogens with one attached hydrogen (secondary N) is 4. The Bertz CT molecular complexity index is 2100. The van der Waals surface area contributed by atoms with Crippen molar-refractivity contribution in [2.45, 2.75) is 75.5 Å². The second kappa shape index (κ2) is 24.7. The smallest absolute Gasteiger partial charge is 0.481 e. The molecule has 7 unspecified atom stereocenters. The van der Waals surface area contributed by atoms with Crippen LogP contribution in [0, 0.1) is 11.8 Å². The van der Waals surface area contributed by atoms with Crippen LogP contribution < -0.4 is 27.2 Å². The lowest BCUT2D eigenvalue weighted by Gasteiger charge is -2.19. The summed E-state index contributed by atoms with van der Waals surface area (Å²) in [4.78, 5) is 133. The number of aliphatic carboxylic acids is 3. The van der Waals surface area contributed by atoms with Crippen LogP contribution >= 0.6 is 45.1 Å². The molecular weight excluding hydrogens is 931 g/mol. The summed E-state index contributed by atoms with van der Waals surface area (Å²) >= 11 is 0. The Morgan fingerprint density at radius 2 is 1.52 bits per heavy atom. The molecule has 1 aromatic heterocycles. The standard InChI is InChI=1S/C28H40N5O23P3S2/c34-18-12-22(54-19(18)14-53-58(49,50)56-59(51,52)55-57(46,47)48)33-13-15(25(41)32-28(33)45)4-3-7-29-20(35)6-9-61-60-8-2-1-5-21(36)30-16(10-23(37)38)26(42)31-17(27(43)44)11-24(39)40/h13,16-19,22,34H,1-2,5-12,14H2,(H,29,35)(H,30,36)(H,31,42)(H,37,38)(H,39,40)(H,43,44)(H,49,50)(H,51,52)(H,32,41,45)(H2,46,47,48). The van der Waals surface area contributed by atoms with E-state index in [9.17, 15) is 66.9 Å². The first-order valence-electron chi connectivity index (χ1n) is 17.0. The number of aromatic nitrogens is 2. The van der Waals surface area contributed by atoms with Gasteiger partial charge in [-0.1, -0.05) is 33.4 Å². The monoisotopic (exact) mass is 971 g/mol. The van der Waals surface area contributed by atoms with E-state index in [0.29, 0.717) is 24.3 Å². The molecular formula is C28H40N5O23P3S2. The number of aromatic amines is 1. The number of carbonyl (C=O) groups excluding carboxylic acids is 3. The maximum absolute atomic E-state index is 12.5. The van der Waals surface area contributed by atoms with Crippen LogP contribution in [0.5, 0.6) is 0 Å². The quantitative estimate of drug-likeness (QED) is 0.0206. The molecule has 1 aromatic rings. The molecule has 342 valence electrons. The Hall–Kier alpha value is -3.91. The fraction of sp³-hybridized carbons (Fsp3) is 0.571. The average molecular weight is 972 g/mol. The van der Waals surface area contributed by atoms with Gasteiger partial charge >= 0.3 is 47.1 Å². The van der Waals surface area contributed by atoms with Gasteiger partial charge in [-0.05, 0) is 12.8 Å². The van der Waals surface area contributed by atoms with Crippen molar-refractivity contribution in [1.29, 1.82) is 0 Å². The maximum Gasteiger partial charge on any atom is 0.490 e. The number of ether oxygens (including phenoxy) is 1. The van der Waals surface area contributed by atoms with Crippen LogP contribution in [0.3, 0.4) is 0 Å². The molecule has 2 rings (SSSR count). The molecule has 0 aliphatic carbocycles. The van der Waals surface area contributed by atoms with E-state index in [0.717, 1.165) is 10.8 Å². The average Bonchev–Trinajstić information content (AvgIpc) is 3.48. The molecule has 28 nitrogen and oxygen atoms in total. The van der Waals surface area contributed by atoms with E-state index in [-0.39, 0.29) is 31.4 Å². The number of unbranched alkanes of at least 4 members (excludes halogenated alkanes) is 1. The lowest BCUT2D eigenvalue weighted by atomic mass is 10.1. The summed E-state index contributed by atoms with van der Waals surface area (Å²) in [5, 5.41) is 43.9. The van der Waals surface area contributed by atoms with Gasteiger partial charge in [0.1, 0.15) is 30.0 Å². The topological polar surface area (TPSA) is 443 Å². The summed E-state index contributed by atoms with van der Waals surface area (Å²) in [6.45, 7) is -1.22. The van der Waals surface area contributed by atoms with E-state index in [1.54, 1.807) is 0 Å². The second-order valence-electron chi connectivity index (χ2n) is 12.2. The van der Waals surface area contributed by atoms with Gasteiger partial charge in [-0.2, -0.15) is 8.62 Å². The fourth-order valence-corrected chi connectivity index (χ4v) is 9.83. The number of phosphoric ester groups is 1. The molecule has 0 radical (unpaired) electrons. The second-order valence-corrected chi connectivity index (χ2v) is 19.3. The highest BCUT2D eigenvalue weighted by atomic mass is 33.1. The molecule has 3 amide bonds. The molecule has 0 aromatic carbocycles. The molecule has 0 bridgehead atoms. The van der Waals surface area contributed by atoms with Crippen LogP contribution in [0.2, 0.25) is 0 Å². The highest BCUT2D eigenvalue weighted by molar-refractivity contribution is 8.76. The Morgan fingerprint density at radius 3 is 2.15 bits per heavy atom. The third-order valence-corrected chi connectivity index (χ3v) is 13.6. The van der Waals surface area contributed by atoms with Crippen LogP contribution in [0.15, 0.2) is 15.8 Å². The molecule has 2 heterocycles. The number of carbonyl (C=O) groups is 6. The third kappa shape index (κ3) is 21.1. The summed E-state index contributed by atoms with van der Waals surface area (Å²) in [5.74, 6) is -0.998. The Morgan fingerprint density at radius 1 is 0.885 bits per heavy atom. The van der Waals surface area contributed by atoms with Crippen molar-refractivity contribution < 1.29 is 100 Å². The van der Waals surface area contributed by atoms with Gasteiger partial charge in [0, 0.05) is 37.0 Å². The van der Waals surface area contributed by atoms with Crippen LogP contribution in [-0.2, 0) is 60.3 Å². The van der Waals surface area contributed by atoms with Crippen LogP contribution in [0.25, 0.3) is 0 Å². The van der Waals surface area contributed by atoms with Gasteiger partial charge in [0.05, 0.1) is 32.1 Å². The van der Waals surface area contributed by atoms with Gasteiger partial charge in [-0.25, -0.2) is 23.3 Å². The van der Waals surface area contributed by atoms with E-state index in [1.807, 2.05) is 10.3 Å². The summed E-state index contributed by atoms with van der Waals surface area (Å²) < 4.78 is 52.2. The largest absolute Gasteiger partial charge is 0.490 e. The highest BCUT2D eigenvalue weighted by Gasteiger charge is 2.43.